The lowest BCUT2D eigenvalue weighted by molar-refractivity contribution is 0.586. The largest absolute Gasteiger partial charge is 0.346 e. The minimum absolute atomic E-state index is 0.0925. The van der Waals surface area contributed by atoms with Crippen molar-refractivity contribution in [3.63, 3.8) is 0 Å². The van der Waals surface area contributed by atoms with Crippen molar-refractivity contribution >= 4 is 26.3 Å². The van der Waals surface area contributed by atoms with E-state index in [-0.39, 0.29) is 17.1 Å². The molecule has 0 aliphatic carbocycles. The Kier molecular flexibility index (Phi) is 3.90. The van der Waals surface area contributed by atoms with E-state index >= 15 is 0 Å². The SMILES string of the molecule is Cc1sc(N2CCS(=O)(=O)CC2)nc1-c1cc(F)ccc1F. The molecule has 0 bridgehead atoms. The summed E-state index contributed by atoms with van der Waals surface area (Å²) in [6.07, 6.45) is 0. The summed E-state index contributed by atoms with van der Waals surface area (Å²) < 4.78 is 50.2. The highest BCUT2D eigenvalue weighted by Gasteiger charge is 2.25. The third-order valence-electron chi connectivity index (χ3n) is 3.58. The van der Waals surface area contributed by atoms with Crippen LogP contribution in [-0.4, -0.2) is 38.0 Å². The first kappa shape index (κ1) is 15.4. The van der Waals surface area contributed by atoms with Gasteiger partial charge in [-0.1, -0.05) is 0 Å². The van der Waals surface area contributed by atoms with Crippen LogP contribution in [0.1, 0.15) is 4.88 Å². The third kappa shape index (κ3) is 2.98. The van der Waals surface area contributed by atoms with Gasteiger partial charge in [-0.2, -0.15) is 0 Å². The van der Waals surface area contributed by atoms with E-state index in [9.17, 15) is 17.2 Å². The van der Waals surface area contributed by atoms with Gasteiger partial charge >= 0.3 is 0 Å². The molecular formula is C14H14F2N2O2S2. The number of benzene rings is 1. The zero-order valence-corrected chi connectivity index (χ0v) is 13.5. The quantitative estimate of drug-likeness (QED) is 0.840. The van der Waals surface area contributed by atoms with Crippen LogP contribution >= 0.6 is 11.3 Å². The van der Waals surface area contributed by atoms with Crippen LogP contribution in [0.15, 0.2) is 18.2 Å². The van der Waals surface area contributed by atoms with Gasteiger partial charge in [-0.25, -0.2) is 22.2 Å². The number of sulfone groups is 1. The Morgan fingerprint density at radius 1 is 1.23 bits per heavy atom. The fraction of sp³-hybridized carbons (Fsp3) is 0.357. The molecular weight excluding hydrogens is 330 g/mol. The number of hydrogen-bond donors (Lipinski definition) is 0. The lowest BCUT2D eigenvalue weighted by Gasteiger charge is -2.25. The minimum Gasteiger partial charge on any atom is -0.346 e. The molecule has 0 N–H and O–H groups in total. The summed E-state index contributed by atoms with van der Waals surface area (Å²) in [7, 11) is -2.97. The number of hydrogen-bond acceptors (Lipinski definition) is 5. The van der Waals surface area contributed by atoms with Crippen LogP contribution in [0, 0.1) is 18.6 Å². The van der Waals surface area contributed by atoms with Gasteiger partial charge in [0.15, 0.2) is 15.0 Å². The van der Waals surface area contributed by atoms with E-state index in [1.54, 1.807) is 6.92 Å². The van der Waals surface area contributed by atoms with Gasteiger partial charge < -0.3 is 4.90 Å². The summed E-state index contributed by atoms with van der Waals surface area (Å²) in [5.74, 6) is -0.859. The molecule has 1 saturated heterocycles. The van der Waals surface area contributed by atoms with Crippen LogP contribution < -0.4 is 4.90 Å². The van der Waals surface area contributed by atoms with Crippen molar-refractivity contribution in [3.8, 4) is 11.3 Å². The van der Waals surface area contributed by atoms with E-state index in [2.05, 4.69) is 4.98 Å². The lowest BCUT2D eigenvalue weighted by atomic mass is 10.1. The van der Waals surface area contributed by atoms with Gasteiger partial charge in [-0.15, -0.1) is 11.3 Å². The van der Waals surface area contributed by atoms with E-state index < -0.39 is 21.5 Å². The molecule has 22 heavy (non-hydrogen) atoms. The summed E-state index contributed by atoms with van der Waals surface area (Å²) >= 11 is 1.36. The van der Waals surface area contributed by atoms with Gasteiger partial charge in [0.25, 0.3) is 0 Å². The van der Waals surface area contributed by atoms with Gasteiger partial charge in [0, 0.05) is 23.5 Å². The zero-order chi connectivity index (χ0) is 15.9. The topological polar surface area (TPSA) is 50.3 Å². The molecule has 118 valence electrons. The van der Waals surface area contributed by atoms with Crippen LogP contribution in [-0.2, 0) is 9.84 Å². The van der Waals surface area contributed by atoms with Gasteiger partial charge in [0.1, 0.15) is 11.6 Å². The van der Waals surface area contributed by atoms with E-state index in [1.807, 2.05) is 4.90 Å². The van der Waals surface area contributed by atoms with E-state index in [4.69, 9.17) is 0 Å². The number of aromatic nitrogens is 1. The van der Waals surface area contributed by atoms with Crippen molar-refractivity contribution in [2.45, 2.75) is 6.92 Å². The number of rotatable bonds is 2. The maximum absolute atomic E-state index is 13.9. The molecule has 2 aromatic rings. The number of halogens is 2. The maximum Gasteiger partial charge on any atom is 0.186 e. The first-order valence-electron chi connectivity index (χ1n) is 6.74. The molecule has 1 fully saturated rings. The summed E-state index contributed by atoms with van der Waals surface area (Å²) in [6.45, 7) is 2.54. The number of thiazole rings is 1. The average Bonchev–Trinajstić information content (AvgIpc) is 2.83. The van der Waals surface area contributed by atoms with Crippen LogP contribution in [0.5, 0.6) is 0 Å². The van der Waals surface area contributed by atoms with E-state index in [0.717, 1.165) is 23.1 Å². The van der Waals surface area contributed by atoms with E-state index in [1.165, 1.54) is 11.3 Å². The second kappa shape index (κ2) is 5.58. The molecule has 3 rings (SSSR count). The number of nitrogens with zero attached hydrogens (tertiary/aromatic N) is 2. The summed E-state index contributed by atoms with van der Waals surface area (Å²) in [4.78, 5) is 7.04. The van der Waals surface area contributed by atoms with E-state index in [0.29, 0.717) is 23.9 Å². The molecule has 8 heteroatoms. The van der Waals surface area contributed by atoms with Gasteiger partial charge in [0.05, 0.1) is 17.2 Å². The highest BCUT2D eigenvalue weighted by Crippen LogP contribution is 2.34. The molecule has 0 amide bonds. The minimum atomic E-state index is -2.97. The van der Waals surface area contributed by atoms with Crippen molar-refractivity contribution in [3.05, 3.63) is 34.7 Å². The number of anilines is 1. The first-order chi connectivity index (χ1) is 10.4. The highest BCUT2D eigenvalue weighted by molar-refractivity contribution is 7.91. The van der Waals surface area contributed by atoms with Gasteiger partial charge in [-0.3, -0.25) is 0 Å². The normalized spacial score (nSPS) is 17.7. The Labute approximate surface area is 131 Å². The second-order valence-electron chi connectivity index (χ2n) is 5.16. The van der Waals surface area contributed by atoms with Crippen molar-refractivity contribution in [2.75, 3.05) is 29.5 Å². The van der Waals surface area contributed by atoms with Crippen LogP contribution in [0.25, 0.3) is 11.3 Å². The van der Waals surface area contributed by atoms with Crippen LogP contribution in [0.2, 0.25) is 0 Å². The molecule has 1 aromatic carbocycles. The standard InChI is InChI=1S/C14H14F2N2O2S2/c1-9-13(11-8-10(15)2-3-12(11)16)17-14(21-9)18-4-6-22(19,20)7-5-18/h2-3,8H,4-7H2,1H3. The smallest absolute Gasteiger partial charge is 0.186 e. The molecule has 1 aliphatic rings. The average molecular weight is 344 g/mol. The predicted molar refractivity (Wildman–Crippen MR) is 83.1 cm³/mol. The molecule has 1 aromatic heterocycles. The van der Waals surface area contributed by atoms with Crippen molar-refractivity contribution in [2.24, 2.45) is 0 Å². The Morgan fingerprint density at radius 2 is 1.91 bits per heavy atom. The van der Waals surface area contributed by atoms with Gasteiger partial charge in [0.2, 0.25) is 0 Å². The van der Waals surface area contributed by atoms with Crippen LogP contribution in [0.3, 0.4) is 0 Å². The molecule has 0 spiro atoms. The molecule has 0 saturated carbocycles. The third-order valence-corrected chi connectivity index (χ3v) is 6.22. The van der Waals surface area contributed by atoms with Crippen molar-refractivity contribution < 1.29 is 17.2 Å². The monoisotopic (exact) mass is 344 g/mol. The Balaban J connectivity index is 1.93. The van der Waals surface area contributed by atoms with Crippen molar-refractivity contribution in [1.82, 2.24) is 4.98 Å². The second-order valence-corrected chi connectivity index (χ2v) is 8.65. The molecule has 0 radical (unpaired) electrons. The number of aryl methyl sites for hydroxylation is 1. The van der Waals surface area contributed by atoms with Crippen molar-refractivity contribution in [1.29, 1.82) is 0 Å². The molecule has 0 unspecified atom stereocenters. The fourth-order valence-electron chi connectivity index (χ4n) is 2.35. The molecule has 4 nitrogen and oxygen atoms in total. The summed E-state index contributed by atoms with van der Waals surface area (Å²) in [5.41, 5.74) is 0.537. The predicted octanol–water partition coefficient (Wildman–Crippen LogP) is 2.63. The summed E-state index contributed by atoms with van der Waals surface area (Å²) in [5, 5.41) is 0.645. The molecule has 1 aliphatic heterocycles. The molecule has 2 heterocycles. The highest BCUT2D eigenvalue weighted by atomic mass is 32.2. The Hall–Kier alpha value is -1.54. The first-order valence-corrected chi connectivity index (χ1v) is 9.38. The van der Waals surface area contributed by atoms with Crippen LogP contribution in [0.4, 0.5) is 13.9 Å². The van der Waals surface area contributed by atoms with Gasteiger partial charge in [-0.05, 0) is 25.1 Å². The Morgan fingerprint density at radius 3 is 2.59 bits per heavy atom. The zero-order valence-electron chi connectivity index (χ0n) is 11.8. The Bertz CT molecular complexity index is 804. The fourth-order valence-corrected chi connectivity index (χ4v) is 4.53. The lowest BCUT2D eigenvalue weighted by Crippen LogP contribution is -2.40. The summed E-state index contributed by atoms with van der Waals surface area (Å²) in [6, 6.07) is 3.27. The molecule has 0 atom stereocenters. The maximum atomic E-state index is 13.9.